The molecule has 6 heteroatoms. The Morgan fingerprint density at radius 3 is 2.67 bits per heavy atom. The monoisotopic (exact) mass is 373 g/mol. The number of carbonyl (C=O) groups is 2. The fraction of sp³-hybridized carbons (Fsp3) is 0.619. The van der Waals surface area contributed by atoms with Gasteiger partial charge in [-0.3, -0.25) is 14.5 Å². The van der Waals surface area contributed by atoms with Crippen molar-refractivity contribution in [1.82, 2.24) is 15.5 Å². The van der Waals surface area contributed by atoms with E-state index in [-0.39, 0.29) is 23.9 Å². The summed E-state index contributed by atoms with van der Waals surface area (Å²) in [7, 11) is 0. The van der Waals surface area contributed by atoms with E-state index in [1.165, 1.54) is 19.8 Å². The number of likely N-dealkylation sites (N-methyl/N-ethyl adjacent to an activating group) is 1. The number of carbonyl (C=O) groups excluding carboxylic acids is 2. The number of ether oxygens (including phenoxy) is 1. The van der Waals surface area contributed by atoms with Gasteiger partial charge in [-0.15, -0.1) is 0 Å². The van der Waals surface area contributed by atoms with Crippen molar-refractivity contribution in [3.8, 4) is 5.75 Å². The summed E-state index contributed by atoms with van der Waals surface area (Å²) in [5.41, 5.74) is 1.10. The van der Waals surface area contributed by atoms with E-state index in [9.17, 15) is 9.59 Å². The van der Waals surface area contributed by atoms with Gasteiger partial charge >= 0.3 is 0 Å². The molecule has 3 rings (SSSR count). The van der Waals surface area contributed by atoms with E-state index in [1.807, 2.05) is 25.1 Å². The fourth-order valence-corrected chi connectivity index (χ4v) is 4.19. The molecule has 1 aromatic rings. The van der Waals surface area contributed by atoms with Crippen LogP contribution in [0.5, 0.6) is 5.75 Å². The molecule has 2 unspecified atom stereocenters. The van der Waals surface area contributed by atoms with Crippen molar-refractivity contribution in [2.45, 2.75) is 70.7 Å². The largest absolute Gasteiger partial charge is 0.490 e. The molecule has 27 heavy (non-hydrogen) atoms. The van der Waals surface area contributed by atoms with Crippen LogP contribution >= 0.6 is 0 Å². The number of benzene rings is 1. The predicted molar refractivity (Wildman–Crippen MR) is 104 cm³/mol. The second kappa shape index (κ2) is 9.22. The number of nitrogens with one attached hydrogen (secondary N) is 2. The number of likely N-dealkylation sites (tertiary alicyclic amines) is 1. The van der Waals surface area contributed by atoms with Crippen molar-refractivity contribution in [3.63, 3.8) is 0 Å². The van der Waals surface area contributed by atoms with Crippen LogP contribution in [0.15, 0.2) is 24.3 Å². The van der Waals surface area contributed by atoms with Gasteiger partial charge in [-0.05, 0) is 45.1 Å². The van der Waals surface area contributed by atoms with Crippen LogP contribution in [0.2, 0.25) is 0 Å². The summed E-state index contributed by atoms with van der Waals surface area (Å²) >= 11 is 0. The average Bonchev–Trinajstić information content (AvgIpc) is 3.26. The number of rotatable bonds is 7. The molecule has 0 spiro atoms. The first-order chi connectivity index (χ1) is 13.1. The Kier molecular flexibility index (Phi) is 6.72. The molecular weight excluding hydrogens is 342 g/mol. The van der Waals surface area contributed by atoms with Gasteiger partial charge in [0.1, 0.15) is 5.75 Å². The van der Waals surface area contributed by atoms with Crippen LogP contribution in [0.3, 0.4) is 0 Å². The van der Waals surface area contributed by atoms with Gasteiger partial charge in [0.05, 0.1) is 12.1 Å². The molecule has 148 valence electrons. The Hall–Kier alpha value is -2.08. The highest BCUT2D eigenvalue weighted by Crippen LogP contribution is 2.29. The zero-order valence-corrected chi connectivity index (χ0v) is 16.4. The van der Waals surface area contributed by atoms with Gasteiger partial charge < -0.3 is 15.4 Å². The van der Waals surface area contributed by atoms with E-state index < -0.39 is 0 Å². The third-order valence-corrected chi connectivity index (χ3v) is 5.41. The summed E-state index contributed by atoms with van der Waals surface area (Å²) in [5.74, 6) is 0.892. The standard InChI is InChI=1S/C21H31N3O3/c1-3-22-21(26)19-12-17(23-15(2)25)14-24(19)13-16-8-4-7-11-20(16)27-18-9-5-6-10-18/h4,7-8,11,17-19H,3,5-6,9-10,12-14H2,1-2H3,(H,22,26)(H,23,25). The molecule has 2 aliphatic rings. The predicted octanol–water partition coefficient (Wildman–Crippen LogP) is 2.22. The zero-order valence-electron chi connectivity index (χ0n) is 16.4. The smallest absolute Gasteiger partial charge is 0.237 e. The minimum absolute atomic E-state index is 0.00183. The molecule has 1 aliphatic carbocycles. The van der Waals surface area contributed by atoms with Crippen LogP contribution in [-0.4, -0.2) is 48.0 Å². The number of hydrogen-bond acceptors (Lipinski definition) is 4. The molecule has 1 saturated heterocycles. The normalized spacial score (nSPS) is 23.3. The Labute approximate surface area is 161 Å². The van der Waals surface area contributed by atoms with E-state index in [0.29, 0.717) is 32.2 Å². The number of nitrogens with zero attached hydrogens (tertiary/aromatic N) is 1. The number of amides is 2. The minimum atomic E-state index is -0.235. The Morgan fingerprint density at radius 1 is 1.22 bits per heavy atom. The Bertz CT molecular complexity index is 658. The summed E-state index contributed by atoms with van der Waals surface area (Å²) in [5, 5.41) is 5.89. The molecule has 0 bridgehead atoms. The second-order valence-corrected chi connectivity index (χ2v) is 7.61. The molecule has 2 atom stereocenters. The Morgan fingerprint density at radius 2 is 1.96 bits per heavy atom. The van der Waals surface area contributed by atoms with E-state index in [2.05, 4.69) is 21.6 Å². The molecular formula is C21H31N3O3. The third kappa shape index (κ3) is 5.22. The van der Waals surface area contributed by atoms with E-state index in [0.717, 1.165) is 24.2 Å². The van der Waals surface area contributed by atoms with Crippen molar-refractivity contribution in [3.05, 3.63) is 29.8 Å². The first kappa shape index (κ1) is 19.7. The van der Waals surface area contributed by atoms with Crippen LogP contribution in [0.4, 0.5) is 0 Å². The molecule has 1 aliphatic heterocycles. The molecule has 2 amide bonds. The van der Waals surface area contributed by atoms with Crippen LogP contribution < -0.4 is 15.4 Å². The first-order valence-electron chi connectivity index (χ1n) is 10.1. The van der Waals surface area contributed by atoms with Crippen molar-refractivity contribution < 1.29 is 14.3 Å². The van der Waals surface area contributed by atoms with E-state index in [4.69, 9.17) is 4.74 Å². The van der Waals surface area contributed by atoms with Crippen molar-refractivity contribution >= 4 is 11.8 Å². The lowest BCUT2D eigenvalue weighted by Crippen LogP contribution is -2.42. The summed E-state index contributed by atoms with van der Waals surface area (Å²) in [6.45, 7) is 5.36. The third-order valence-electron chi connectivity index (χ3n) is 5.41. The summed E-state index contributed by atoms with van der Waals surface area (Å²) in [4.78, 5) is 26.2. The topological polar surface area (TPSA) is 70.7 Å². The van der Waals surface area contributed by atoms with Crippen molar-refractivity contribution in [2.75, 3.05) is 13.1 Å². The molecule has 0 aromatic heterocycles. The van der Waals surface area contributed by atoms with E-state index in [1.54, 1.807) is 0 Å². The lowest BCUT2D eigenvalue weighted by Gasteiger charge is -2.25. The molecule has 2 fully saturated rings. The van der Waals surface area contributed by atoms with Gasteiger partial charge in [-0.1, -0.05) is 18.2 Å². The highest BCUT2D eigenvalue weighted by Gasteiger charge is 2.37. The second-order valence-electron chi connectivity index (χ2n) is 7.61. The van der Waals surface area contributed by atoms with Crippen molar-refractivity contribution in [2.24, 2.45) is 0 Å². The maximum absolute atomic E-state index is 12.5. The summed E-state index contributed by atoms with van der Waals surface area (Å²) in [6.07, 6.45) is 5.63. The maximum atomic E-state index is 12.5. The molecule has 1 aromatic carbocycles. The molecule has 2 N–H and O–H groups in total. The molecule has 1 heterocycles. The average molecular weight is 373 g/mol. The quantitative estimate of drug-likeness (QED) is 0.769. The van der Waals surface area contributed by atoms with Gasteiger partial charge in [0.15, 0.2) is 0 Å². The van der Waals surface area contributed by atoms with Gasteiger partial charge in [0.2, 0.25) is 11.8 Å². The lowest BCUT2D eigenvalue weighted by atomic mass is 10.1. The SMILES string of the molecule is CCNC(=O)C1CC(NC(C)=O)CN1Cc1ccccc1OC1CCCC1. The van der Waals surface area contributed by atoms with Crippen LogP contribution in [0.1, 0.15) is 51.5 Å². The summed E-state index contributed by atoms with van der Waals surface area (Å²) in [6, 6.07) is 7.87. The van der Waals surface area contributed by atoms with Gasteiger partial charge in [0.25, 0.3) is 0 Å². The lowest BCUT2D eigenvalue weighted by molar-refractivity contribution is -0.125. The fourth-order valence-electron chi connectivity index (χ4n) is 4.19. The zero-order chi connectivity index (χ0) is 19.2. The first-order valence-corrected chi connectivity index (χ1v) is 10.1. The highest BCUT2D eigenvalue weighted by molar-refractivity contribution is 5.82. The van der Waals surface area contributed by atoms with Gasteiger partial charge in [-0.25, -0.2) is 0 Å². The van der Waals surface area contributed by atoms with Crippen LogP contribution in [0, 0.1) is 0 Å². The molecule has 0 radical (unpaired) electrons. The van der Waals surface area contributed by atoms with Crippen LogP contribution in [-0.2, 0) is 16.1 Å². The maximum Gasteiger partial charge on any atom is 0.237 e. The van der Waals surface area contributed by atoms with Gasteiger partial charge in [0, 0.05) is 38.2 Å². The number of para-hydroxylation sites is 1. The highest BCUT2D eigenvalue weighted by atomic mass is 16.5. The van der Waals surface area contributed by atoms with E-state index >= 15 is 0 Å². The molecule has 1 saturated carbocycles. The van der Waals surface area contributed by atoms with Crippen molar-refractivity contribution in [1.29, 1.82) is 0 Å². The number of hydrogen-bond donors (Lipinski definition) is 2. The summed E-state index contributed by atoms with van der Waals surface area (Å²) < 4.78 is 6.25. The van der Waals surface area contributed by atoms with Gasteiger partial charge in [-0.2, -0.15) is 0 Å². The molecule has 6 nitrogen and oxygen atoms in total. The van der Waals surface area contributed by atoms with Crippen LogP contribution in [0.25, 0.3) is 0 Å². The minimum Gasteiger partial charge on any atom is -0.490 e. The Balaban J connectivity index is 1.73.